The molecular formula is C23H25NO5S. The van der Waals surface area contributed by atoms with Crippen LogP contribution in [0.2, 0.25) is 0 Å². The second-order valence-corrected chi connectivity index (χ2v) is 9.00. The van der Waals surface area contributed by atoms with Crippen molar-refractivity contribution in [2.45, 2.75) is 32.6 Å². The molecule has 0 saturated carbocycles. The molecule has 1 fully saturated rings. The average Bonchev–Trinajstić information content (AvgIpc) is 3.23. The van der Waals surface area contributed by atoms with Crippen LogP contribution < -0.4 is 9.47 Å². The molecule has 2 aliphatic rings. The van der Waals surface area contributed by atoms with Crippen LogP contribution in [0.4, 0.5) is 0 Å². The first-order chi connectivity index (χ1) is 14.5. The van der Waals surface area contributed by atoms with E-state index in [1.54, 1.807) is 23.1 Å². The van der Waals surface area contributed by atoms with Crippen molar-refractivity contribution < 1.29 is 23.9 Å². The van der Waals surface area contributed by atoms with E-state index in [0.29, 0.717) is 61.1 Å². The Balaban J connectivity index is 1.27. The van der Waals surface area contributed by atoms with Gasteiger partial charge in [-0.1, -0.05) is 0 Å². The molecule has 0 atom stereocenters. The molecule has 0 spiro atoms. The van der Waals surface area contributed by atoms with Gasteiger partial charge in [0.25, 0.3) is 0 Å². The zero-order valence-corrected chi connectivity index (χ0v) is 17.8. The molecule has 1 aromatic heterocycles. The van der Waals surface area contributed by atoms with Gasteiger partial charge in [-0.2, -0.15) is 0 Å². The number of aryl methyl sites for hydroxylation is 1. The van der Waals surface area contributed by atoms with Gasteiger partial charge in [0.05, 0.1) is 4.88 Å². The number of benzene rings is 1. The summed E-state index contributed by atoms with van der Waals surface area (Å²) in [6.45, 7) is 4.06. The molecule has 1 aromatic carbocycles. The number of likely N-dealkylation sites (tertiary alicyclic amines) is 1. The third kappa shape index (κ3) is 4.56. The summed E-state index contributed by atoms with van der Waals surface area (Å²) in [4.78, 5) is 41.2. The topological polar surface area (TPSA) is 72.9 Å². The summed E-state index contributed by atoms with van der Waals surface area (Å²) in [7, 11) is 0. The Bertz CT molecular complexity index is 958. The standard InChI is InChI=1S/C23H25NO5S/c1-15-2-6-21(30-15)18(25)4-7-22(26)24-10-8-16(9-11-24)23(27)17-3-5-19-20(14-17)29-13-12-28-19/h2-3,5-6,14,16H,4,7-13H2,1H3. The second-order valence-electron chi connectivity index (χ2n) is 7.71. The number of nitrogens with zero attached hydrogens (tertiary/aromatic N) is 1. The normalized spacial score (nSPS) is 16.4. The number of thiophene rings is 1. The van der Waals surface area contributed by atoms with Gasteiger partial charge in [0.15, 0.2) is 23.1 Å². The molecule has 4 rings (SSSR count). The van der Waals surface area contributed by atoms with Crippen LogP contribution in [0, 0.1) is 12.8 Å². The summed E-state index contributed by atoms with van der Waals surface area (Å²) in [5, 5.41) is 0. The third-order valence-corrected chi connectivity index (χ3v) is 6.67. The molecule has 1 amide bonds. The maximum absolute atomic E-state index is 12.9. The number of ketones is 2. The molecule has 0 aliphatic carbocycles. The molecule has 3 heterocycles. The summed E-state index contributed by atoms with van der Waals surface area (Å²) >= 11 is 1.46. The average molecular weight is 428 g/mol. The maximum atomic E-state index is 12.9. The molecule has 2 aromatic rings. The molecular weight excluding hydrogens is 402 g/mol. The summed E-state index contributed by atoms with van der Waals surface area (Å²) in [5.74, 6) is 1.28. The van der Waals surface area contributed by atoms with Gasteiger partial charge in [0.2, 0.25) is 5.91 Å². The predicted molar refractivity (Wildman–Crippen MR) is 114 cm³/mol. The smallest absolute Gasteiger partial charge is 0.223 e. The number of Topliss-reactive ketones (excluding diaryl/α,β-unsaturated/α-hetero) is 2. The van der Waals surface area contributed by atoms with E-state index in [2.05, 4.69) is 0 Å². The molecule has 6 nitrogen and oxygen atoms in total. The predicted octanol–water partition coefficient (Wildman–Crippen LogP) is 3.91. The van der Waals surface area contributed by atoms with Gasteiger partial charge in [-0.05, 0) is 50.1 Å². The van der Waals surface area contributed by atoms with Gasteiger partial charge in [0, 0.05) is 42.3 Å². The largest absolute Gasteiger partial charge is 0.486 e. The minimum absolute atomic E-state index is 0.0122. The van der Waals surface area contributed by atoms with Crippen molar-refractivity contribution in [3.05, 3.63) is 45.6 Å². The first-order valence-corrected chi connectivity index (χ1v) is 11.1. The van der Waals surface area contributed by atoms with E-state index in [-0.39, 0.29) is 36.2 Å². The second kappa shape index (κ2) is 9.00. The number of hydrogen-bond donors (Lipinski definition) is 0. The minimum atomic E-state index is -0.104. The minimum Gasteiger partial charge on any atom is -0.486 e. The van der Waals surface area contributed by atoms with Crippen LogP contribution in [-0.2, 0) is 4.79 Å². The first kappa shape index (κ1) is 20.6. The molecule has 0 bridgehead atoms. The Hall–Kier alpha value is -2.67. The highest BCUT2D eigenvalue weighted by atomic mass is 32.1. The van der Waals surface area contributed by atoms with Gasteiger partial charge in [-0.25, -0.2) is 0 Å². The number of rotatable bonds is 6. The van der Waals surface area contributed by atoms with Crippen LogP contribution in [-0.4, -0.2) is 48.7 Å². The van der Waals surface area contributed by atoms with Crippen molar-refractivity contribution in [3.63, 3.8) is 0 Å². The molecule has 0 N–H and O–H groups in total. The molecule has 2 aliphatic heterocycles. The molecule has 0 unspecified atom stereocenters. The molecule has 0 radical (unpaired) electrons. The first-order valence-electron chi connectivity index (χ1n) is 10.3. The Morgan fingerprint density at radius 2 is 1.73 bits per heavy atom. The number of fused-ring (bicyclic) bond motifs is 1. The lowest BCUT2D eigenvalue weighted by molar-refractivity contribution is -0.132. The summed E-state index contributed by atoms with van der Waals surface area (Å²) in [6, 6.07) is 9.06. The van der Waals surface area contributed by atoms with Gasteiger partial charge < -0.3 is 14.4 Å². The molecule has 1 saturated heterocycles. The number of carbonyl (C=O) groups is 3. The van der Waals surface area contributed by atoms with Crippen LogP contribution >= 0.6 is 11.3 Å². The van der Waals surface area contributed by atoms with E-state index in [0.717, 1.165) is 4.88 Å². The SMILES string of the molecule is Cc1ccc(C(=O)CCC(=O)N2CCC(C(=O)c3ccc4c(c3)OCCO4)CC2)s1. The fourth-order valence-corrected chi connectivity index (χ4v) is 4.74. The summed E-state index contributed by atoms with van der Waals surface area (Å²) < 4.78 is 11.1. The zero-order chi connectivity index (χ0) is 21.1. The lowest BCUT2D eigenvalue weighted by atomic mass is 9.88. The fraction of sp³-hybridized carbons (Fsp3) is 0.435. The van der Waals surface area contributed by atoms with Gasteiger partial charge in [0.1, 0.15) is 13.2 Å². The molecule has 7 heteroatoms. The number of amides is 1. The van der Waals surface area contributed by atoms with E-state index < -0.39 is 0 Å². The van der Waals surface area contributed by atoms with Crippen LogP contribution in [0.25, 0.3) is 0 Å². The quantitative estimate of drug-likeness (QED) is 0.654. The number of carbonyl (C=O) groups excluding carboxylic acids is 3. The van der Waals surface area contributed by atoms with Crippen molar-refractivity contribution in [1.29, 1.82) is 0 Å². The monoisotopic (exact) mass is 427 g/mol. The summed E-state index contributed by atoms with van der Waals surface area (Å²) in [5.41, 5.74) is 0.626. The highest BCUT2D eigenvalue weighted by molar-refractivity contribution is 7.14. The Kier molecular flexibility index (Phi) is 6.18. The van der Waals surface area contributed by atoms with Crippen LogP contribution in [0.5, 0.6) is 11.5 Å². The van der Waals surface area contributed by atoms with Crippen molar-refractivity contribution >= 4 is 28.8 Å². The third-order valence-electron chi connectivity index (χ3n) is 5.63. The van der Waals surface area contributed by atoms with Gasteiger partial charge in [-0.3, -0.25) is 14.4 Å². The van der Waals surface area contributed by atoms with Crippen molar-refractivity contribution in [3.8, 4) is 11.5 Å². The van der Waals surface area contributed by atoms with Crippen molar-refractivity contribution in [1.82, 2.24) is 4.90 Å². The highest BCUT2D eigenvalue weighted by Crippen LogP contribution is 2.32. The van der Waals surface area contributed by atoms with E-state index in [1.807, 2.05) is 19.1 Å². The van der Waals surface area contributed by atoms with Gasteiger partial charge in [-0.15, -0.1) is 11.3 Å². The molecule has 30 heavy (non-hydrogen) atoms. The van der Waals surface area contributed by atoms with Gasteiger partial charge >= 0.3 is 0 Å². The maximum Gasteiger partial charge on any atom is 0.223 e. The van der Waals surface area contributed by atoms with E-state index >= 15 is 0 Å². The Labute approximate surface area is 179 Å². The van der Waals surface area contributed by atoms with Crippen LogP contribution in [0.1, 0.15) is 50.6 Å². The van der Waals surface area contributed by atoms with Crippen LogP contribution in [0.3, 0.4) is 0 Å². The molecule has 158 valence electrons. The Morgan fingerprint density at radius 1 is 1.00 bits per heavy atom. The highest BCUT2D eigenvalue weighted by Gasteiger charge is 2.29. The van der Waals surface area contributed by atoms with Crippen molar-refractivity contribution in [2.24, 2.45) is 5.92 Å². The van der Waals surface area contributed by atoms with Crippen LogP contribution in [0.15, 0.2) is 30.3 Å². The van der Waals surface area contributed by atoms with E-state index in [1.165, 1.54) is 11.3 Å². The summed E-state index contributed by atoms with van der Waals surface area (Å²) in [6.07, 6.45) is 1.72. The van der Waals surface area contributed by atoms with E-state index in [4.69, 9.17) is 9.47 Å². The lowest BCUT2D eigenvalue weighted by Crippen LogP contribution is -2.40. The lowest BCUT2D eigenvalue weighted by Gasteiger charge is -2.31. The number of hydrogen-bond acceptors (Lipinski definition) is 6. The fourth-order valence-electron chi connectivity index (χ4n) is 3.91. The number of piperidine rings is 1. The zero-order valence-electron chi connectivity index (χ0n) is 17.0. The van der Waals surface area contributed by atoms with E-state index in [9.17, 15) is 14.4 Å². The number of ether oxygens (including phenoxy) is 2. The van der Waals surface area contributed by atoms with Crippen molar-refractivity contribution in [2.75, 3.05) is 26.3 Å². The Morgan fingerprint density at radius 3 is 2.43 bits per heavy atom.